The molecule has 0 fully saturated rings. The van der Waals surface area contributed by atoms with Crippen LogP contribution < -0.4 is 0 Å². The van der Waals surface area contributed by atoms with E-state index in [0.717, 1.165) is 29.7 Å². The highest BCUT2D eigenvalue weighted by Gasteiger charge is 2.13. The normalized spacial score (nSPS) is 10.8. The van der Waals surface area contributed by atoms with Crippen LogP contribution in [0.5, 0.6) is 0 Å². The molecule has 0 aliphatic rings. The Kier molecular flexibility index (Phi) is 3.59. The molecule has 0 spiro atoms. The Balaban J connectivity index is 2.33. The molecule has 0 aliphatic carbocycles. The van der Waals surface area contributed by atoms with Gasteiger partial charge in [-0.25, -0.2) is 0 Å². The minimum atomic E-state index is -0.0403. The van der Waals surface area contributed by atoms with Crippen molar-refractivity contribution in [3.8, 4) is 11.3 Å². The van der Waals surface area contributed by atoms with Crippen molar-refractivity contribution in [1.29, 1.82) is 0 Å². The fourth-order valence-corrected chi connectivity index (χ4v) is 1.92. The number of aryl methyl sites for hydroxylation is 2. The van der Waals surface area contributed by atoms with Crippen LogP contribution in [0, 0.1) is 6.92 Å². The van der Waals surface area contributed by atoms with E-state index >= 15 is 0 Å². The molecular formula is C14H17NO2. The highest BCUT2D eigenvalue weighted by atomic mass is 16.5. The van der Waals surface area contributed by atoms with E-state index < -0.39 is 0 Å². The summed E-state index contributed by atoms with van der Waals surface area (Å²) in [7, 11) is 0. The van der Waals surface area contributed by atoms with Crippen molar-refractivity contribution in [2.75, 3.05) is 0 Å². The van der Waals surface area contributed by atoms with E-state index in [0.29, 0.717) is 5.76 Å². The largest absolute Gasteiger partial charge is 0.391 e. The van der Waals surface area contributed by atoms with Gasteiger partial charge in [-0.2, -0.15) is 0 Å². The van der Waals surface area contributed by atoms with Gasteiger partial charge in [-0.1, -0.05) is 42.8 Å². The van der Waals surface area contributed by atoms with E-state index in [1.165, 1.54) is 5.56 Å². The summed E-state index contributed by atoms with van der Waals surface area (Å²) in [6.45, 7) is 3.94. The van der Waals surface area contributed by atoms with E-state index in [1.807, 2.05) is 19.1 Å². The van der Waals surface area contributed by atoms with Gasteiger partial charge in [-0.05, 0) is 18.9 Å². The summed E-state index contributed by atoms with van der Waals surface area (Å²) in [6, 6.07) is 8.26. The summed E-state index contributed by atoms with van der Waals surface area (Å²) >= 11 is 0. The third-order valence-electron chi connectivity index (χ3n) is 2.91. The smallest absolute Gasteiger partial charge is 0.139 e. The molecule has 0 saturated heterocycles. The van der Waals surface area contributed by atoms with E-state index in [4.69, 9.17) is 4.52 Å². The van der Waals surface area contributed by atoms with Crippen LogP contribution in [0.1, 0.15) is 30.2 Å². The third-order valence-corrected chi connectivity index (χ3v) is 2.91. The Morgan fingerprint density at radius 1 is 1.24 bits per heavy atom. The van der Waals surface area contributed by atoms with Gasteiger partial charge in [0.2, 0.25) is 0 Å². The fourth-order valence-electron chi connectivity index (χ4n) is 1.92. The van der Waals surface area contributed by atoms with Crippen LogP contribution in [0.3, 0.4) is 0 Å². The lowest BCUT2D eigenvalue weighted by Crippen LogP contribution is -1.89. The number of hydrogen-bond donors (Lipinski definition) is 1. The van der Waals surface area contributed by atoms with Crippen molar-refractivity contribution in [3.05, 3.63) is 41.2 Å². The van der Waals surface area contributed by atoms with E-state index in [9.17, 15) is 5.11 Å². The molecule has 1 heterocycles. The van der Waals surface area contributed by atoms with Gasteiger partial charge in [-0.3, -0.25) is 0 Å². The van der Waals surface area contributed by atoms with Crippen molar-refractivity contribution in [1.82, 2.24) is 5.16 Å². The Labute approximate surface area is 101 Å². The van der Waals surface area contributed by atoms with E-state index in [2.05, 4.69) is 24.2 Å². The molecule has 90 valence electrons. The molecule has 1 aromatic carbocycles. The van der Waals surface area contributed by atoms with Gasteiger partial charge in [0.15, 0.2) is 0 Å². The van der Waals surface area contributed by atoms with Crippen LogP contribution in [-0.4, -0.2) is 10.3 Å². The zero-order valence-electron chi connectivity index (χ0n) is 10.2. The zero-order chi connectivity index (χ0) is 12.3. The number of aromatic nitrogens is 1. The highest BCUT2D eigenvalue weighted by Crippen LogP contribution is 2.25. The molecule has 0 aliphatic heterocycles. The van der Waals surface area contributed by atoms with Crippen LogP contribution in [0.25, 0.3) is 11.3 Å². The minimum absolute atomic E-state index is 0.0403. The van der Waals surface area contributed by atoms with Crippen LogP contribution in [0.2, 0.25) is 0 Å². The molecule has 0 atom stereocenters. The maximum absolute atomic E-state index is 9.29. The molecule has 0 radical (unpaired) electrons. The molecule has 1 N–H and O–H groups in total. The zero-order valence-corrected chi connectivity index (χ0v) is 10.2. The fraction of sp³-hybridized carbons (Fsp3) is 0.357. The number of benzene rings is 1. The van der Waals surface area contributed by atoms with Crippen molar-refractivity contribution < 1.29 is 9.63 Å². The van der Waals surface area contributed by atoms with Crippen molar-refractivity contribution in [2.24, 2.45) is 0 Å². The average Bonchev–Trinajstić information content (AvgIpc) is 2.72. The SMILES string of the molecule is CCCc1ccc(-c2noc(C)c2CO)cc1. The summed E-state index contributed by atoms with van der Waals surface area (Å²) in [4.78, 5) is 0. The van der Waals surface area contributed by atoms with Crippen LogP contribution >= 0.6 is 0 Å². The Morgan fingerprint density at radius 2 is 1.94 bits per heavy atom. The first-order chi connectivity index (χ1) is 8.26. The summed E-state index contributed by atoms with van der Waals surface area (Å²) in [5.41, 5.74) is 3.83. The number of nitrogens with zero attached hydrogens (tertiary/aromatic N) is 1. The maximum Gasteiger partial charge on any atom is 0.139 e. The first-order valence-corrected chi connectivity index (χ1v) is 5.91. The predicted octanol–water partition coefficient (Wildman–Crippen LogP) is 3.09. The lowest BCUT2D eigenvalue weighted by atomic mass is 10.0. The maximum atomic E-state index is 9.29. The lowest BCUT2D eigenvalue weighted by Gasteiger charge is -2.02. The molecule has 3 nitrogen and oxygen atoms in total. The number of aliphatic hydroxyl groups excluding tert-OH is 1. The monoisotopic (exact) mass is 231 g/mol. The topological polar surface area (TPSA) is 46.3 Å². The first-order valence-electron chi connectivity index (χ1n) is 5.91. The number of hydrogen-bond acceptors (Lipinski definition) is 3. The van der Waals surface area contributed by atoms with Crippen molar-refractivity contribution in [2.45, 2.75) is 33.3 Å². The van der Waals surface area contributed by atoms with Crippen molar-refractivity contribution >= 4 is 0 Å². The third kappa shape index (κ3) is 2.39. The molecule has 2 aromatic rings. The van der Waals surface area contributed by atoms with Gasteiger partial charge in [0, 0.05) is 11.1 Å². The second-order valence-electron chi connectivity index (χ2n) is 4.17. The van der Waals surface area contributed by atoms with Gasteiger partial charge in [0.25, 0.3) is 0 Å². The van der Waals surface area contributed by atoms with Gasteiger partial charge < -0.3 is 9.63 Å². The van der Waals surface area contributed by atoms with Gasteiger partial charge in [-0.15, -0.1) is 0 Å². The molecule has 17 heavy (non-hydrogen) atoms. The standard InChI is InChI=1S/C14H17NO2/c1-3-4-11-5-7-12(8-6-11)14-13(9-16)10(2)17-15-14/h5-8,16H,3-4,9H2,1-2H3. The highest BCUT2D eigenvalue weighted by molar-refractivity contribution is 5.63. The van der Waals surface area contributed by atoms with Crippen LogP contribution in [0.15, 0.2) is 28.8 Å². The Bertz CT molecular complexity index is 485. The Morgan fingerprint density at radius 3 is 2.53 bits per heavy atom. The average molecular weight is 231 g/mol. The minimum Gasteiger partial charge on any atom is -0.391 e. The molecule has 0 saturated carbocycles. The number of rotatable bonds is 4. The molecular weight excluding hydrogens is 214 g/mol. The summed E-state index contributed by atoms with van der Waals surface area (Å²) < 4.78 is 5.11. The predicted molar refractivity (Wildman–Crippen MR) is 66.6 cm³/mol. The Hall–Kier alpha value is -1.61. The number of aliphatic hydroxyl groups is 1. The molecule has 1 aromatic heterocycles. The molecule has 0 bridgehead atoms. The van der Waals surface area contributed by atoms with E-state index in [-0.39, 0.29) is 6.61 Å². The molecule has 2 rings (SSSR count). The van der Waals surface area contributed by atoms with Crippen LogP contribution in [0.4, 0.5) is 0 Å². The quantitative estimate of drug-likeness (QED) is 0.879. The van der Waals surface area contributed by atoms with E-state index in [1.54, 1.807) is 0 Å². The summed E-state index contributed by atoms with van der Waals surface area (Å²) in [6.07, 6.45) is 2.23. The van der Waals surface area contributed by atoms with Gasteiger partial charge >= 0.3 is 0 Å². The van der Waals surface area contributed by atoms with Gasteiger partial charge in [0.1, 0.15) is 11.5 Å². The molecule has 0 unspecified atom stereocenters. The summed E-state index contributed by atoms with van der Waals surface area (Å²) in [5.74, 6) is 0.681. The molecule has 0 amide bonds. The lowest BCUT2D eigenvalue weighted by molar-refractivity contribution is 0.278. The summed E-state index contributed by atoms with van der Waals surface area (Å²) in [5, 5.41) is 13.3. The van der Waals surface area contributed by atoms with Crippen LogP contribution in [-0.2, 0) is 13.0 Å². The second-order valence-corrected chi connectivity index (χ2v) is 4.17. The first kappa shape index (κ1) is 11.9. The molecule has 3 heteroatoms. The second kappa shape index (κ2) is 5.15. The van der Waals surface area contributed by atoms with Crippen molar-refractivity contribution in [3.63, 3.8) is 0 Å². The van der Waals surface area contributed by atoms with Gasteiger partial charge in [0.05, 0.1) is 6.61 Å².